The van der Waals surface area contributed by atoms with E-state index in [0.29, 0.717) is 18.5 Å². The van der Waals surface area contributed by atoms with Crippen LogP contribution in [0, 0.1) is 5.92 Å². The molecule has 3 nitrogen and oxygen atoms in total. The van der Waals surface area contributed by atoms with Crippen LogP contribution < -0.4 is 11.1 Å². The average Bonchev–Trinajstić information content (AvgIpc) is 2.96. The smallest absolute Gasteiger partial charge is 0.229 e. The van der Waals surface area contributed by atoms with Crippen molar-refractivity contribution in [1.82, 2.24) is 5.32 Å². The molecule has 0 aromatic heterocycles. The molecule has 3 unspecified atom stereocenters. The van der Waals surface area contributed by atoms with Gasteiger partial charge in [-0.05, 0) is 17.9 Å². The number of hydrogen-bond donors (Lipinski definition) is 2. The lowest BCUT2D eigenvalue weighted by Crippen LogP contribution is -2.35. The third-order valence-electron chi connectivity index (χ3n) is 3.19. The molecule has 86 valence electrons. The third-order valence-corrected chi connectivity index (χ3v) is 3.19. The van der Waals surface area contributed by atoms with Gasteiger partial charge in [-0.25, -0.2) is 0 Å². The Morgan fingerprint density at radius 3 is 2.62 bits per heavy atom. The van der Waals surface area contributed by atoms with E-state index < -0.39 is 0 Å². The predicted molar refractivity (Wildman–Crippen MR) is 63.9 cm³/mol. The highest BCUT2D eigenvalue weighted by Crippen LogP contribution is 2.29. The lowest BCUT2D eigenvalue weighted by atomic mass is 9.98. The molecule has 3 atom stereocenters. The Labute approximate surface area is 96.0 Å². The van der Waals surface area contributed by atoms with Gasteiger partial charge in [0.25, 0.3) is 0 Å². The molecule has 1 saturated carbocycles. The van der Waals surface area contributed by atoms with Crippen LogP contribution in [0.3, 0.4) is 0 Å². The summed E-state index contributed by atoms with van der Waals surface area (Å²) in [6.45, 7) is 2.50. The summed E-state index contributed by atoms with van der Waals surface area (Å²) in [5.74, 6) is 0.468. The van der Waals surface area contributed by atoms with Crippen LogP contribution >= 0.6 is 0 Å². The van der Waals surface area contributed by atoms with Crippen LogP contribution in [-0.2, 0) is 4.79 Å². The van der Waals surface area contributed by atoms with Gasteiger partial charge in [-0.3, -0.25) is 4.79 Å². The van der Waals surface area contributed by atoms with Crippen molar-refractivity contribution in [2.45, 2.75) is 25.3 Å². The maximum atomic E-state index is 12.0. The molecule has 0 bridgehead atoms. The molecule has 0 heterocycles. The SMILES string of the molecule is CC1CC1NC(=O)C(CN)c1ccccc1. The average molecular weight is 218 g/mol. The second-order valence-corrected chi connectivity index (χ2v) is 4.53. The van der Waals surface area contributed by atoms with E-state index in [0.717, 1.165) is 12.0 Å². The summed E-state index contributed by atoms with van der Waals surface area (Å²) >= 11 is 0. The van der Waals surface area contributed by atoms with Gasteiger partial charge in [0.2, 0.25) is 5.91 Å². The number of hydrogen-bond acceptors (Lipinski definition) is 2. The molecule has 1 aromatic carbocycles. The fourth-order valence-corrected chi connectivity index (χ4v) is 1.89. The second kappa shape index (κ2) is 4.66. The highest BCUT2D eigenvalue weighted by molar-refractivity contribution is 5.84. The first kappa shape index (κ1) is 11.1. The maximum Gasteiger partial charge on any atom is 0.229 e. The normalized spacial score (nSPS) is 24.9. The number of carbonyl (C=O) groups is 1. The maximum absolute atomic E-state index is 12.0. The highest BCUT2D eigenvalue weighted by atomic mass is 16.2. The van der Waals surface area contributed by atoms with Crippen molar-refractivity contribution in [1.29, 1.82) is 0 Å². The van der Waals surface area contributed by atoms with Gasteiger partial charge >= 0.3 is 0 Å². The van der Waals surface area contributed by atoms with E-state index >= 15 is 0 Å². The summed E-state index contributed by atoms with van der Waals surface area (Å²) in [6, 6.07) is 10.1. The van der Waals surface area contributed by atoms with Crippen LogP contribution in [0.5, 0.6) is 0 Å². The summed E-state index contributed by atoms with van der Waals surface area (Å²) in [6.07, 6.45) is 1.10. The molecular formula is C13H18N2O. The fourth-order valence-electron chi connectivity index (χ4n) is 1.89. The largest absolute Gasteiger partial charge is 0.353 e. The van der Waals surface area contributed by atoms with Crippen molar-refractivity contribution in [3.8, 4) is 0 Å². The Morgan fingerprint density at radius 1 is 1.50 bits per heavy atom. The zero-order valence-electron chi connectivity index (χ0n) is 9.52. The standard InChI is InChI=1S/C13H18N2O/c1-9-7-12(9)15-13(16)11(8-14)10-5-3-2-4-6-10/h2-6,9,11-12H,7-8,14H2,1H3,(H,15,16). The molecule has 1 aliphatic carbocycles. The lowest BCUT2D eigenvalue weighted by molar-refractivity contribution is -0.122. The van der Waals surface area contributed by atoms with Crippen LogP contribution in [0.2, 0.25) is 0 Å². The quantitative estimate of drug-likeness (QED) is 0.799. The zero-order valence-corrected chi connectivity index (χ0v) is 9.52. The van der Waals surface area contributed by atoms with Crippen molar-refractivity contribution < 1.29 is 4.79 Å². The van der Waals surface area contributed by atoms with Gasteiger partial charge in [0.05, 0.1) is 5.92 Å². The molecule has 0 aliphatic heterocycles. The van der Waals surface area contributed by atoms with Gasteiger partial charge in [-0.1, -0.05) is 37.3 Å². The van der Waals surface area contributed by atoms with Gasteiger partial charge in [0.1, 0.15) is 0 Å². The first-order valence-electron chi connectivity index (χ1n) is 5.77. The van der Waals surface area contributed by atoms with Gasteiger partial charge < -0.3 is 11.1 Å². The molecule has 1 aliphatic rings. The first-order chi connectivity index (χ1) is 7.72. The first-order valence-corrected chi connectivity index (χ1v) is 5.77. The Morgan fingerprint density at radius 2 is 2.12 bits per heavy atom. The molecule has 0 spiro atoms. The monoisotopic (exact) mass is 218 g/mol. The number of rotatable bonds is 4. The van der Waals surface area contributed by atoms with Crippen LogP contribution in [0.4, 0.5) is 0 Å². The van der Waals surface area contributed by atoms with E-state index in [2.05, 4.69) is 12.2 Å². The van der Waals surface area contributed by atoms with E-state index in [4.69, 9.17) is 5.73 Å². The topological polar surface area (TPSA) is 55.1 Å². The number of benzene rings is 1. The third kappa shape index (κ3) is 2.42. The fraction of sp³-hybridized carbons (Fsp3) is 0.462. The van der Waals surface area contributed by atoms with E-state index in [1.54, 1.807) is 0 Å². The van der Waals surface area contributed by atoms with E-state index in [-0.39, 0.29) is 11.8 Å². The minimum absolute atomic E-state index is 0.0584. The Kier molecular flexibility index (Phi) is 3.25. The molecule has 0 radical (unpaired) electrons. The van der Waals surface area contributed by atoms with E-state index in [9.17, 15) is 4.79 Å². The molecular weight excluding hydrogens is 200 g/mol. The summed E-state index contributed by atoms with van der Waals surface area (Å²) in [5, 5.41) is 3.03. The lowest BCUT2D eigenvalue weighted by Gasteiger charge is -2.15. The van der Waals surface area contributed by atoms with Crippen LogP contribution in [0.25, 0.3) is 0 Å². The molecule has 1 fully saturated rings. The summed E-state index contributed by atoms with van der Waals surface area (Å²) in [4.78, 5) is 12.0. The molecule has 2 rings (SSSR count). The minimum Gasteiger partial charge on any atom is -0.353 e. The van der Waals surface area contributed by atoms with Crippen LogP contribution in [-0.4, -0.2) is 18.5 Å². The summed E-state index contributed by atoms with van der Waals surface area (Å²) in [5.41, 5.74) is 6.67. The number of nitrogens with one attached hydrogen (secondary N) is 1. The van der Waals surface area contributed by atoms with E-state index in [1.165, 1.54) is 0 Å². The molecule has 3 N–H and O–H groups in total. The number of amides is 1. The minimum atomic E-state index is -0.214. The van der Waals surface area contributed by atoms with Crippen LogP contribution in [0.15, 0.2) is 30.3 Å². The Bertz CT molecular complexity index is 363. The molecule has 3 heteroatoms. The van der Waals surface area contributed by atoms with Crippen molar-refractivity contribution in [3.05, 3.63) is 35.9 Å². The predicted octanol–water partition coefficient (Wildman–Crippen LogP) is 1.25. The van der Waals surface area contributed by atoms with Gasteiger partial charge in [0.15, 0.2) is 0 Å². The van der Waals surface area contributed by atoms with Crippen LogP contribution in [0.1, 0.15) is 24.8 Å². The van der Waals surface area contributed by atoms with Gasteiger partial charge in [-0.15, -0.1) is 0 Å². The highest BCUT2D eigenvalue weighted by Gasteiger charge is 2.35. The Hall–Kier alpha value is -1.35. The molecule has 1 aromatic rings. The second-order valence-electron chi connectivity index (χ2n) is 4.53. The van der Waals surface area contributed by atoms with Crippen molar-refractivity contribution in [2.75, 3.05) is 6.54 Å². The van der Waals surface area contributed by atoms with Crippen molar-refractivity contribution in [2.24, 2.45) is 11.7 Å². The van der Waals surface area contributed by atoms with Gasteiger partial charge in [-0.2, -0.15) is 0 Å². The number of carbonyl (C=O) groups excluding carboxylic acids is 1. The zero-order chi connectivity index (χ0) is 11.5. The molecule has 16 heavy (non-hydrogen) atoms. The van der Waals surface area contributed by atoms with Gasteiger partial charge in [0, 0.05) is 12.6 Å². The number of nitrogens with two attached hydrogens (primary N) is 1. The summed E-state index contributed by atoms with van der Waals surface area (Å²) < 4.78 is 0. The van der Waals surface area contributed by atoms with E-state index in [1.807, 2.05) is 30.3 Å². The summed E-state index contributed by atoms with van der Waals surface area (Å²) in [7, 11) is 0. The molecule has 1 amide bonds. The van der Waals surface area contributed by atoms with Crippen molar-refractivity contribution >= 4 is 5.91 Å². The van der Waals surface area contributed by atoms with Crippen molar-refractivity contribution in [3.63, 3.8) is 0 Å². The Balaban J connectivity index is 2.02. The molecule has 0 saturated heterocycles.